The molecule has 25 heavy (non-hydrogen) atoms. The molecule has 0 aliphatic carbocycles. The van der Waals surface area contributed by atoms with E-state index < -0.39 is 10.0 Å². The Morgan fingerprint density at radius 1 is 1.36 bits per heavy atom. The number of nitrogens with zero attached hydrogens (tertiary/aromatic N) is 4. The van der Waals surface area contributed by atoms with Crippen LogP contribution in [0.25, 0.3) is 22.6 Å². The fourth-order valence-corrected chi connectivity index (χ4v) is 5.62. The number of thiophene rings is 1. The summed E-state index contributed by atoms with van der Waals surface area (Å²) in [5.41, 5.74) is 2.72. The van der Waals surface area contributed by atoms with Crippen LogP contribution in [0.2, 0.25) is 0 Å². The topological polar surface area (TPSA) is 68.1 Å². The van der Waals surface area contributed by atoms with E-state index >= 15 is 0 Å². The highest BCUT2D eigenvalue weighted by Gasteiger charge is 2.34. The van der Waals surface area contributed by atoms with Crippen LogP contribution in [0.1, 0.15) is 25.8 Å². The zero-order valence-electron chi connectivity index (χ0n) is 14.0. The number of hydrogen-bond acceptors (Lipinski definition) is 5. The summed E-state index contributed by atoms with van der Waals surface area (Å²) in [5, 5.41) is 4.09. The largest absolute Gasteiger partial charge is 0.304 e. The first-order chi connectivity index (χ1) is 12.1. The molecule has 6 nitrogen and oxygen atoms in total. The Kier molecular flexibility index (Phi) is 4.35. The van der Waals surface area contributed by atoms with Gasteiger partial charge in [-0.3, -0.25) is 0 Å². The molecule has 0 N–H and O–H groups in total. The second-order valence-electron chi connectivity index (χ2n) is 6.28. The fraction of sp³-hybridized carbons (Fsp3) is 0.412. The van der Waals surface area contributed by atoms with Gasteiger partial charge in [-0.1, -0.05) is 6.92 Å². The lowest BCUT2D eigenvalue weighted by atomic mass is 10.2. The molecule has 1 aliphatic rings. The van der Waals surface area contributed by atoms with Crippen molar-refractivity contribution < 1.29 is 8.42 Å². The Morgan fingerprint density at radius 2 is 2.24 bits per heavy atom. The standard InChI is InChI=1S/C17H20N4O2S2/c1-2-10-25(22,23)20-8-5-14(11-20)21-16(13-6-9-24-12-13)19-15-4-3-7-18-17(15)21/h3-4,6-7,9,12,14H,2,5,8,10-11H2,1H3. The van der Waals surface area contributed by atoms with Gasteiger partial charge in [0.1, 0.15) is 11.3 Å². The number of fused-ring (bicyclic) bond motifs is 1. The van der Waals surface area contributed by atoms with Crippen LogP contribution in [0, 0.1) is 0 Å². The summed E-state index contributed by atoms with van der Waals surface area (Å²) in [6, 6.07) is 5.93. The summed E-state index contributed by atoms with van der Waals surface area (Å²) >= 11 is 1.63. The molecular formula is C17H20N4O2S2. The van der Waals surface area contributed by atoms with E-state index in [1.807, 2.05) is 30.5 Å². The van der Waals surface area contributed by atoms with Crippen molar-refractivity contribution in [3.63, 3.8) is 0 Å². The van der Waals surface area contributed by atoms with Gasteiger partial charge >= 0.3 is 0 Å². The third-order valence-electron chi connectivity index (χ3n) is 4.57. The van der Waals surface area contributed by atoms with Gasteiger partial charge in [-0.2, -0.15) is 15.6 Å². The number of imidazole rings is 1. The molecular weight excluding hydrogens is 356 g/mol. The first-order valence-corrected chi connectivity index (χ1v) is 11.0. The van der Waals surface area contributed by atoms with Crippen LogP contribution in [0.15, 0.2) is 35.2 Å². The lowest BCUT2D eigenvalue weighted by Crippen LogP contribution is -2.31. The molecule has 4 heterocycles. The lowest BCUT2D eigenvalue weighted by molar-refractivity contribution is 0.455. The molecule has 8 heteroatoms. The maximum absolute atomic E-state index is 12.4. The molecule has 3 aromatic rings. The van der Waals surface area contributed by atoms with Gasteiger partial charge in [0, 0.05) is 30.2 Å². The summed E-state index contributed by atoms with van der Waals surface area (Å²) < 4.78 is 28.6. The second-order valence-corrected chi connectivity index (χ2v) is 9.15. The number of hydrogen-bond donors (Lipinski definition) is 0. The number of rotatable bonds is 5. The van der Waals surface area contributed by atoms with Gasteiger partial charge in [0.25, 0.3) is 0 Å². The Hall–Kier alpha value is -1.77. The van der Waals surface area contributed by atoms with E-state index in [0.717, 1.165) is 29.0 Å². The van der Waals surface area contributed by atoms with Crippen molar-refractivity contribution in [2.75, 3.05) is 18.8 Å². The van der Waals surface area contributed by atoms with Gasteiger partial charge in [-0.25, -0.2) is 18.4 Å². The third-order valence-corrected chi connectivity index (χ3v) is 7.30. The van der Waals surface area contributed by atoms with Crippen molar-refractivity contribution in [2.24, 2.45) is 0 Å². The quantitative estimate of drug-likeness (QED) is 0.686. The van der Waals surface area contributed by atoms with Crippen LogP contribution >= 0.6 is 11.3 Å². The highest BCUT2D eigenvalue weighted by molar-refractivity contribution is 7.89. The molecule has 3 aromatic heterocycles. The SMILES string of the molecule is CCCS(=O)(=O)N1CCC(n2c(-c3ccsc3)nc3cccnc32)C1. The first-order valence-electron chi connectivity index (χ1n) is 8.43. The summed E-state index contributed by atoms with van der Waals surface area (Å²) in [4.78, 5) is 9.28. The normalized spacial score (nSPS) is 19.0. The van der Waals surface area contributed by atoms with Crippen molar-refractivity contribution >= 4 is 32.5 Å². The molecule has 0 bridgehead atoms. The minimum atomic E-state index is -3.17. The predicted molar refractivity (Wildman–Crippen MR) is 100 cm³/mol. The number of pyridine rings is 1. The smallest absolute Gasteiger partial charge is 0.214 e. The summed E-state index contributed by atoms with van der Waals surface area (Å²) in [7, 11) is -3.17. The van der Waals surface area contributed by atoms with Gasteiger partial charge in [0.2, 0.25) is 10.0 Å². The molecule has 0 spiro atoms. The van der Waals surface area contributed by atoms with E-state index in [0.29, 0.717) is 19.5 Å². The molecule has 4 rings (SSSR count). The molecule has 132 valence electrons. The monoisotopic (exact) mass is 376 g/mol. The molecule has 0 saturated carbocycles. The number of aromatic nitrogens is 3. The average molecular weight is 377 g/mol. The molecule has 0 radical (unpaired) electrons. The highest BCUT2D eigenvalue weighted by atomic mass is 32.2. The molecule has 1 fully saturated rings. The minimum absolute atomic E-state index is 0.0569. The Balaban J connectivity index is 1.76. The van der Waals surface area contributed by atoms with Crippen LogP contribution in [0.3, 0.4) is 0 Å². The second kappa shape index (κ2) is 6.51. The third kappa shape index (κ3) is 2.98. The van der Waals surface area contributed by atoms with Crippen molar-refractivity contribution in [3.8, 4) is 11.4 Å². The number of sulfonamides is 1. The molecule has 0 aromatic carbocycles. The molecule has 1 atom stereocenters. The van der Waals surface area contributed by atoms with Crippen molar-refractivity contribution in [1.29, 1.82) is 0 Å². The Morgan fingerprint density at radius 3 is 3.00 bits per heavy atom. The van der Waals surface area contributed by atoms with Crippen LogP contribution in [-0.4, -0.2) is 46.1 Å². The van der Waals surface area contributed by atoms with Crippen molar-refractivity contribution in [2.45, 2.75) is 25.8 Å². The Bertz CT molecular complexity index is 979. The van der Waals surface area contributed by atoms with Crippen LogP contribution < -0.4 is 0 Å². The zero-order chi connectivity index (χ0) is 17.4. The average Bonchev–Trinajstić information content (AvgIpc) is 3.32. The molecule has 1 unspecified atom stereocenters. The predicted octanol–water partition coefficient (Wildman–Crippen LogP) is 3.15. The van der Waals surface area contributed by atoms with E-state index in [-0.39, 0.29) is 11.8 Å². The van der Waals surface area contributed by atoms with Gasteiger partial charge in [0.05, 0.1) is 11.8 Å². The minimum Gasteiger partial charge on any atom is -0.304 e. The first kappa shape index (κ1) is 16.7. The van der Waals surface area contributed by atoms with Gasteiger partial charge in [-0.05, 0) is 36.4 Å². The maximum atomic E-state index is 12.4. The fourth-order valence-electron chi connectivity index (χ4n) is 3.43. The lowest BCUT2D eigenvalue weighted by Gasteiger charge is -2.18. The summed E-state index contributed by atoms with van der Waals surface area (Å²) in [5.74, 6) is 1.08. The van der Waals surface area contributed by atoms with E-state index in [4.69, 9.17) is 4.98 Å². The van der Waals surface area contributed by atoms with Gasteiger partial charge in [-0.15, -0.1) is 0 Å². The summed E-state index contributed by atoms with van der Waals surface area (Å²) in [6.07, 6.45) is 3.18. The van der Waals surface area contributed by atoms with E-state index in [1.54, 1.807) is 21.8 Å². The van der Waals surface area contributed by atoms with E-state index in [9.17, 15) is 8.42 Å². The molecule has 0 amide bonds. The van der Waals surface area contributed by atoms with Crippen LogP contribution in [0.5, 0.6) is 0 Å². The molecule has 1 aliphatic heterocycles. The van der Waals surface area contributed by atoms with Crippen LogP contribution in [0.4, 0.5) is 0 Å². The highest BCUT2D eigenvalue weighted by Crippen LogP contribution is 2.33. The zero-order valence-corrected chi connectivity index (χ0v) is 15.6. The van der Waals surface area contributed by atoms with Crippen molar-refractivity contribution in [1.82, 2.24) is 18.8 Å². The van der Waals surface area contributed by atoms with Crippen molar-refractivity contribution in [3.05, 3.63) is 35.2 Å². The summed E-state index contributed by atoms with van der Waals surface area (Å²) in [6.45, 7) is 2.94. The van der Waals surface area contributed by atoms with E-state index in [1.165, 1.54) is 0 Å². The van der Waals surface area contributed by atoms with Crippen LogP contribution in [-0.2, 0) is 10.0 Å². The van der Waals surface area contributed by atoms with E-state index in [2.05, 4.69) is 14.9 Å². The van der Waals surface area contributed by atoms with Gasteiger partial charge in [0.15, 0.2) is 5.65 Å². The molecule has 1 saturated heterocycles. The maximum Gasteiger partial charge on any atom is 0.214 e. The Labute approximate surface area is 151 Å². The van der Waals surface area contributed by atoms with Gasteiger partial charge < -0.3 is 4.57 Å².